The van der Waals surface area contributed by atoms with Gasteiger partial charge in [0.2, 0.25) is 5.96 Å². The number of pyridine rings is 2. The third-order valence-electron chi connectivity index (χ3n) is 4.35. The summed E-state index contributed by atoms with van der Waals surface area (Å²) in [5.74, 6) is 0.452. The Balaban J connectivity index is 2.05. The van der Waals surface area contributed by atoms with Gasteiger partial charge in [0, 0.05) is 27.7 Å². The van der Waals surface area contributed by atoms with Gasteiger partial charge in [-0.15, -0.1) is 0 Å². The molecule has 0 bridgehead atoms. The highest BCUT2D eigenvalue weighted by Gasteiger charge is 2.31. The van der Waals surface area contributed by atoms with Crippen LogP contribution < -0.4 is 22.1 Å². The van der Waals surface area contributed by atoms with Crippen molar-refractivity contribution >= 4 is 45.8 Å². The van der Waals surface area contributed by atoms with Crippen molar-refractivity contribution in [1.29, 1.82) is 10.5 Å². The van der Waals surface area contributed by atoms with Crippen molar-refractivity contribution in [2.75, 3.05) is 16.8 Å². The van der Waals surface area contributed by atoms with E-state index in [1.807, 2.05) is 18.3 Å². The SMILES string of the molecule is N#CNC1=NC(c2cc(Cl)cc3cccnc23)c2c(nc(N)c(C#N)c2N)N1. The summed E-state index contributed by atoms with van der Waals surface area (Å²) in [6.45, 7) is 0. The Bertz CT molecular complexity index is 1240. The second-order valence-electron chi connectivity index (χ2n) is 5.97. The van der Waals surface area contributed by atoms with Crippen molar-refractivity contribution < 1.29 is 0 Å². The van der Waals surface area contributed by atoms with Gasteiger partial charge in [-0.1, -0.05) is 17.7 Å². The summed E-state index contributed by atoms with van der Waals surface area (Å²) in [5.41, 5.74) is 14.1. The molecule has 1 aliphatic heterocycles. The molecule has 28 heavy (non-hydrogen) atoms. The molecule has 2 aromatic heterocycles. The second kappa shape index (κ2) is 6.58. The Morgan fingerprint density at radius 2 is 2.07 bits per heavy atom. The Morgan fingerprint density at radius 3 is 2.82 bits per heavy atom. The van der Waals surface area contributed by atoms with E-state index < -0.39 is 6.04 Å². The normalized spacial score (nSPS) is 15.0. The van der Waals surface area contributed by atoms with Crippen molar-refractivity contribution in [3.8, 4) is 12.3 Å². The predicted octanol–water partition coefficient (Wildman–Crippen LogP) is 2.26. The largest absolute Gasteiger partial charge is 0.397 e. The first kappa shape index (κ1) is 17.3. The number of hydrogen-bond donors (Lipinski definition) is 4. The van der Waals surface area contributed by atoms with Gasteiger partial charge in [-0.2, -0.15) is 10.5 Å². The Labute approximate surface area is 164 Å². The molecule has 0 radical (unpaired) electrons. The average molecular weight is 390 g/mol. The monoisotopic (exact) mass is 389 g/mol. The topological polar surface area (TPSA) is 162 Å². The summed E-state index contributed by atoms with van der Waals surface area (Å²) in [5, 5.41) is 25.1. The molecule has 4 rings (SSSR count). The second-order valence-corrected chi connectivity index (χ2v) is 6.41. The van der Waals surface area contributed by atoms with E-state index in [2.05, 4.69) is 25.6 Å². The number of nitrogens with two attached hydrogens (primary N) is 2. The highest BCUT2D eigenvalue weighted by atomic mass is 35.5. The van der Waals surface area contributed by atoms with E-state index >= 15 is 0 Å². The summed E-state index contributed by atoms with van der Waals surface area (Å²) >= 11 is 6.31. The van der Waals surface area contributed by atoms with Gasteiger partial charge in [-0.3, -0.25) is 10.3 Å². The van der Waals surface area contributed by atoms with Crippen LogP contribution in [0.25, 0.3) is 10.9 Å². The number of guanidine groups is 1. The van der Waals surface area contributed by atoms with E-state index in [1.54, 1.807) is 24.4 Å². The third-order valence-corrected chi connectivity index (χ3v) is 4.57. The first-order valence-electron chi connectivity index (χ1n) is 8.06. The van der Waals surface area contributed by atoms with Gasteiger partial charge >= 0.3 is 0 Å². The van der Waals surface area contributed by atoms with E-state index in [4.69, 9.17) is 28.3 Å². The average Bonchev–Trinajstić information content (AvgIpc) is 2.67. The molecule has 1 aromatic carbocycles. The van der Waals surface area contributed by atoms with Crippen LogP contribution in [0.3, 0.4) is 0 Å². The number of anilines is 3. The molecule has 0 amide bonds. The minimum absolute atomic E-state index is 0.0164. The van der Waals surface area contributed by atoms with Crippen molar-refractivity contribution in [2.45, 2.75) is 6.04 Å². The van der Waals surface area contributed by atoms with E-state index in [0.717, 1.165) is 5.39 Å². The molecule has 3 heterocycles. The van der Waals surface area contributed by atoms with Crippen LogP contribution >= 0.6 is 11.6 Å². The molecular formula is C18H12ClN9. The Kier molecular flexibility index (Phi) is 4.07. The minimum Gasteiger partial charge on any atom is -0.397 e. The van der Waals surface area contributed by atoms with Crippen LogP contribution in [-0.2, 0) is 0 Å². The summed E-state index contributed by atoms with van der Waals surface area (Å²) in [6.07, 6.45) is 3.47. The summed E-state index contributed by atoms with van der Waals surface area (Å²) in [6, 6.07) is 8.46. The number of nitrogens with zero attached hydrogens (tertiary/aromatic N) is 5. The number of nitrogens with one attached hydrogen (secondary N) is 2. The number of hydrogen-bond acceptors (Lipinski definition) is 9. The van der Waals surface area contributed by atoms with E-state index in [0.29, 0.717) is 27.5 Å². The fraction of sp³-hybridized carbons (Fsp3) is 0.0556. The van der Waals surface area contributed by atoms with Crippen LogP contribution in [0.15, 0.2) is 35.5 Å². The zero-order chi connectivity index (χ0) is 19.8. The number of fused-ring (bicyclic) bond motifs is 2. The third kappa shape index (κ3) is 2.67. The maximum Gasteiger partial charge on any atom is 0.211 e. The van der Waals surface area contributed by atoms with Gasteiger partial charge < -0.3 is 16.8 Å². The molecule has 3 aromatic rings. The van der Waals surface area contributed by atoms with Gasteiger partial charge in [-0.05, 0) is 18.2 Å². The smallest absolute Gasteiger partial charge is 0.211 e. The number of aromatic nitrogens is 2. The molecule has 1 unspecified atom stereocenters. The lowest BCUT2D eigenvalue weighted by molar-refractivity contribution is 0.851. The van der Waals surface area contributed by atoms with Gasteiger partial charge in [-0.25, -0.2) is 9.98 Å². The lowest BCUT2D eigenvalue weighted by atomic mass is 9.93. The number of rotatable bonds is 1. The van der Waals surface area contributed by atoms with Crippen LogP contribution in [0.2, 0.25) is 5.02 Å². The fourth-order valence-electron chi connectivity index (χ4n) is 3.20. The maximum absolute atomic E-state index is 9.41. The van der Waals surface area contributed by atoms with Crippen molar-refractivity contribution in [2.24, 2.45) is 4.99 Å². The van der Waals surface area contributed by atoms with Crippen LogP contribution in [0.1, 0.15) is 22.7 Å². The molecule has 0 spiro atoms. The summed E-state index contributed by atoms with van der Waals surface area (Å²) in [4.78, 5) is 13.2. The molecule has 10 heteroatoms. The number of nitrogen functional groups attached to an aromatic ring is 2. The summed E-state index contributed by atoms with van der Waals surface area (Å²) < 4.78 is 0. The van der Waals surface area contributed by atoms with Gasteiger partial charge in [0.1, 0.15) is 29.3 Å². The molecule has 9 nitrogen and oxygen atoms in total. The Hall–Kier alpha value is -4.08. The molecule has 1 atom stereocenters. The van der Waals surface area contributed by atoms with Gasteiger partial charge in [0.05, 0.1) is 11.2 Å². The summed E-state index contributed by atoms with van der Waals surface area (Å²) in [7, 11) is 0. The van der Waals surface area contributed by atoms with Gasteiger partial charge in [0.15, 0.2) is 6.19 Å². The zero-order valence-electron chi connectivity index (χ0n) is 14.2. The molecular weight excluding hydrogens is 378 g/mol. The lowest BCUT2D eigenvalue weighted by Gasteiger charge is -2.26. The Morgan fingerprint density at radius 1 is 1.25 bits per heavy atom. The molecule has 0 aliphatic carbocycles. The standard InChI is InChI=1S/C18H12ClN9/c19-9-4-8-2-1-3-24-14(8)10(5-9)15-12-13(22)11(6-20)16(23)27-17(12)28-18(26-15)25-7-21/h1-5,15H,(H6,22,23,25,26,27,28). The van der Waals surface area contributed by atoms with Crippen LogP contribution in [0.5, 0.6) is 0 Å². The molecule has 6 N–H and O–H groups in total. The molecule has 0 saturated carbocycles. The minimum atomic E-state index is -0.705. The van der Waals surface area contributed by atoms with E-state index in [1.165, 1.54) is 0 Å². The van der Waals surface area contributed by atoms with Crippen molar-refractivity contribution in [3.05, 3.63) is 52.2 Å². The number of aliphatic imine (C=N–C) groups is 1. The van der Waals surface area contributed by atoms with E-state index in [-0.39, 0.29) is 23.0 Å². The zero-order valence-corrected chi connectivity index (χ0v) is 15.0. The predicted molar refractivity (Wildman–Crippen MR) is 106 cm³/mol. The van der Waals surface area contributed by atoms with Gasteiger partial charge in [0.25, 0.3) is 0 Å². The highest BCUT2D eigenvalue weighted by molar-refractivity contribution is 6.31. The van der Waals surface area contributed by atoms with Crippen LogP contribution in [0.4, 0.5) is 17.3 Å². The fourth-order valence-corrected chi connectivity index (χ4v) is 3.43. The number of nitriles is 2. The molecule has 0 saturated heterocycles. The van der Waals surface area contributed by atoms with Crippen molar-refractivity contribution in [1.82, 2.24) is 15.3 Å². The molecule has 136 valence electrons. The van der Waals surface area contributed by atoms with E-state index in [9.17, 15) is 5.26 Å². The number of halogens is 1. The first-order chi connectivity index (χ1) is 13.5. The lowest BCUT2D eigenvalue weighted by Crippen LogP contribution is -2.32. The number of benzene rings is 1. The highest BCUT2D eigenvalue weighted by Crippen LogP contribution is 2.42. The van der Waals surface area contributed by atoms with Crippen LogP contribution in [0, 0.1) is 22.8 Å². The van der Waals surface area contributed by atoms with Crippen molar-refractivity contribution in [3.63, 3.8) is 0 Å². The first-order valence-corrected chi connectivity index (χ1v) is 8.44. The molecule has 0 fully saturated rings. The van der Waals surface area contributed by atoms with Crippen LogP contribution in [-0.4, -0.2) is 15.9 Å². The quantitative estimate of drug-likeness (QED) is 0.363. The molecule has 1 aliphatic rings. The maximum atomic E-state index is 9.41.